The number of nitrogen functional groups attached to an aromatic ring is 1. The van der Waals surface area contributed by atoms with E-state index >= 15 is 0 Å². The van der Waals surface area contributed by atoms with Gasteiger partial charge in [-0.3, -0.25) is 23.5 Å². The smallest absolute Gasteiger partial charge is 0.338 e. The molecule has 2 saturated heterocycles. The Hall–Kier alpha value is -2.84. The molecule has 0 spiro atoms. The van der Waals surface area contributed by atoms with Crippen molar-refractivity contribution in [2.45, 2.75) is 48.6 Å². The van der Waals surface area contributed by atoms with Crippen molar-refractivity contribution in [3.05, 3.63) is 40.4 Å². The number of aromatic nitrogens is 7. The van der Waals surface area contributed by atoms with Gasteiger partial charge < -0.3 is 53.9 Å². The summed E-state index contributed by atoms with van der Waals surface area (Å²) >= 11 is 6.09. The standard InChI is InChI=1S/C21H25ClN8O12P2/c22-15-7-1-2-29(16(7)25-5-24-15)19-13(33)11(31)9(41-19)4-40-44(37,38)14-12(32)8(3-39-43(35)36)42-20(14)30-6-26-10-17(30)27-21(23)28-18(10)34/h1-2,5-6,8-9,11-14,19-20,31-33,43H,3-4H2,(H,35,36)(H,37,38)(H3,23,27,28,34)/t8-,9-,11-,12-,13-,14-,19-,20-/m1/s1. The van der Waals surface area contributed by atoms with Gasteiger partial charge in [0.05, 0.1) is 24.9 Å². The second-order valence-corrected chi connectivity index (χ2v) is 13.1. The molecule has 4 aromatic heterocycles. The highest BCUT2D eigenvalue weighted by Gasteiger charge is 2.56. The summed E-state index contributed by atoms with van der Waals surface area (Å²) in [5.74, 6) is -0.300. The fourth-order valence-electron chi connectivity index (χ4n) is 5.24. The molecular formula is C21H25ClN8O12P2. The molecule has 6 rings (SSSR count). The zero-order valence-corrected chi connectivity index (χ0v) is 24.7. The Morgan fingerprint density at radius 1 is 1.07 bits per heavy atom. The molecule has 0 saturated carbocycles. The minimum atomic E-state index is -4.98. The van der Waals surface area contributed by atoms with Gasteiger partial charge in [-0.25, -0.2) is 15.0 Å². The molecule has 23 heteroatoms. The van der Waals surface area contributed by atoms with E-state index in [9.17, 15) is 34.1 Å². The predicted octanol–water partition coefficient (Wildman–Crippen LogP) is -1.35. The Kier molecular flexibility index (Phi) is 8.37. The zero-order valence-electron chi connectivity index (χ0n) is 22.0. The number of nitrogens with two attached hydrogens (primary N) is 1. The molecule has 20 nitrogen and oxygen atoms in total. The number of fused-ring (bicyclic) bond motifs is 2. The Morgan fingerprint density at radius 3 is 2.55 bits per heavy atom. The summed E-state index contributed by atoms with van der Waals surface area (Å²) in [4.78, 5) is 50.7. The van der Waals surface area contributed by atoms with Crippen LogP contribution < -0.4 is 11.3 Å². The van der Waals surface area contributed by atoms with Crippen LogP contribution in [0.25, 0.3) is 22.2 Å². The number of aromatic amines is 1. The fourth-order valence-corrected chi connectivity index (χ4v) is 7.39. The van der Waals surface area contributed by atoms with Crippen LogP contribution in [0.3, 0.4) is 0 Å². The van der Waals surface area contributed by atoms with Crippen LogP contribution in [0.2, 0.25) is 5.15 Å². The molecule has 44 heavy (non-hydrogen) atoms. The van der Waals surface area contributed by atoms with E-state index in [1.165, 1.54) is 17.1 Å². The number of aliphatic hydroxyl groups excluding tert-OH is 3. The molecule has 8 N–H and O–H groups in total. The van der Waals surface area contributed by atoms with Crippen LogP contribution >= 0.6 is 27.5 Å². The first-order valence-electron chi connectivity index (χ1n) is 12.7. The summed E-state index contributed by atoms with van der Waals surface area (Å²) in [6, 6.07) is 1.58. The van der Waals surface area contributed by atoms with Crippen molar-refractivity contribution in [3.63, 3.8) is 0 Å². The van der Waals surface area contributed by atoms with E-state index < -0.39 is 83.3 Å². The van der Waals surface area contributed by atoms with Crippen LogP contribution in [0, 0.1) is 0 Å². The summed E-state index contributed by atoms with van der Waals surface area (Å²) in [5, 5.41) is 33.1. The molecule has 0 radical (unpaired) electrons. The number of hydrogen-bond acceptors (Lipinski definition) is 15. The third-order valence-electron chi connectivity index (χ3n) is 7.31. The van der Waals surface area contributed by atoms with E-state index in [2.05, 4.69) is 29.4 Å². The van der Waals surface area contributed by atoms with E-state index in [0.717, 1.165) is 10.9 Å². The number of halogens is 1. The van der Waals surface area contributed by atoms with Gasteiger partial charge in [0.25, 0.3) is 5.56 Å². The van der Waals surface area contributed by atoms with E-state index in [-0.39, 0.29) is 22.3 Å². The number of nitrogens with one attached hydrogen (secondary N) is 1. The SMILES string of the molecule is Nc1nc2c(ncn2[C@@H]2O[C@H](CO[PH](=O)O)[C@@H](O)[C@H]2P(=O)(O)OC[C@H]2O[C@@H](n3ccc4c(Cl)ncnc43)[C@H](O)[C@@H]2O)c(=O)[nH]1. The molecule has 2 unspecified atom stereocenters. The molecule has 0 aromatic carbocycles. The number of nitrogens with zero attached hydrogens (tertiary/aromatic N) is 6. The summed E-state index contributed by atoms with van der Waals surface area (Å²) < 4.78 is 48.9. The average Bonchev–Trinajstić information content (AvgIpc) is 3.72. The predicted molar refractivity (Wildman–Crippen MR) is 148 cm³/mol. The number of rotatable bonds is 9. The third-order valence-corrected chi connectivity index (χ3v) is 9.85. The topological polar surface area (TPSA) is 293 Å². The lowest BCUT2D eigenvalue weighted by atomic mass is 10.1. The molecule has 0 amide bonds. The lowest BCUT2D eigenvalue weighted by molar-refractivity contribution is -0.0492. The van der Waals surface area contributed by atoms with Gasteiger partial charge in [0.2, 0.25) is 5.95 Å². The fraction of sp³-hybridized carbons (Fsp3) is 0.476. The quantitative estimate of drug-likeness (QED) is 0.0795. The van der Waals surface area contributed by atoms with E-state index in [1.54, 1.807) is 6.07 Å². The molecule has 4 aromatic rings. The first-order chi connectivity index (χ1) is 20.9. The van der Waals surface area contributed by atoms with Crippen molar-refractivity contribution in [3.8, 4) is 0 Å². The maximum Gasteiger partial charge on any atom is 0.338 e. The van der Waals surface area contributed by atoms with Crippen LogP contribution in [0.5, 0.6) is 0 Å². The monoisotopic (exact) mass is 678 g/mol. The normalized spacial score (nSPS) is 31.1. The molecule has 2 aliphatic rings. The second kappa shape index (κ2) is 11.8. The second-order valence-electron chi connectivity index (χ2n) is 9.93. The van der Waals surface area contributed by atoms with Gasteiger partial charge in [0, 0.05) is 6.20 Å². The Morgan fingerprint density at radius 2 is 1.80 bits per heavy atom. The first kappa shape index (κ1) is 31.2. The lowest BCUT2D eigenvalue weighted by Crippen LogP contribution is -2.36. The van der Waals surface area contributed by atoms with E-state index in [0.29, 0.717) is 11.0 Å². The van der Waals surface area contributed by atoms with Gasteiger partial charge in [-0.15, -0.1) is 0 Å². The van der Waals surface area contributed by atoms with Crippen molar-refractivity contribution in [1.29, 1.82) is 0 Å². The molecule has 2 fully saturated rings. The van der Waals surface area contributed by atoms with Gasteiger partial charge in [0.15, 0.2) is 23.6 Å². The van der Waals surface area contributed by atoms with Crippen molar-refractivity contribution in [2.24, 2.45) is 0 Å². The molecule has 0 bridgehead atoms. The molecule has 0 aliphatic carbocycles. The first-order valence-corrected chi connectivity index (χ1v) is 16.0. The van der Waals surface area contributed by atoms with Crippen molar-refractivity contribution in [1.82, 2.24) is 34.1 Å². The van der Waals surface area contributed by atoms with Gasteiger partial charge in [-0.1, -0.05) is 11.6 Å². The number of hydrogen-bond donors (Lipinski definition) is 7. The maximum absolute atomic E-state index is 13.7. The number of imidazole rings is 1. The summed E-state index contributed by atoms with van der Waals surface area (Å²) in [6.07, 6.45) is -6.67. The number of aliphatic hydroxyl groups is 3. The largest absolute Gasteiger partial charge is 0.389 e. The van der Waals surface area contributed by atoms with Gasteiger partial charge in [-0.05, 0) is 6.07 Å². The van der Waals surface area contributed by atoms with Crippen molar-refractivity contribution >= 4 is 55.6 Å². The highest BCUT2D eigenvalue weighted by molar-refractivity contribution is 7.53. The third kappa shape index (κ3) is 5.46. The number of H-pyrrole nitrogens is 1. The van der Waals surface area contributed by atoms with E-state index in [1.807, 2.05) is 0 Å². The highest BCUT2D eigenvalue weighted by atomic mass is 35.5. The van der Waals surface area contributed by atoms with Crippen LogP contribution in [0.1, 0.15) is 12.5 Å². The average molecular weight is 679 g/mol. The summed E-state index contributed by atoms with van der Waals surface area (Å²) in [5.41, 5.74) is 3.08. The van der Waals surface area contributed by atoms with Gasteiger partial charge in [0.1, 0.15) is 53.3 Å². The molecule has 6 heterocycles. The molecule has 238 valence electrons. The maximum atomic E-state index is 13.7. The van der Waals surface area contributed by atoms with Crippen molar-refractivity contribution < 1.29 is 52.8 Å². The van der Waals surface area contributed by atoms with Crippen LogP contribution in [0.15, 0.2) is 29.7 Å². The number of ether oxygens (including phenoxy) is 2. The van der Waals surface area contributed by atoms with Crippen molar-refractivity contribution in [2.75, 3.05) is 18.9 Å². The Balaban J connectivity index is 1.26. The molecule has 10 atom stereocenters. The lowest BCUT2D eigenvalue weighted by Gasteiger charge is -2.27. The van der Waals surface area contributed by atoms with Crippen LogP contribution in [-0.2, 0) is 27.7 Å². The molecular weight excluding hydrogens is 654 g/mol. The van der Waals surface area contributed by atoms with Crippen LogP contribution in [-0.4, -0.2) is 109 Å². The minimum Gasteiger partial charge on any atom is -0.389 e. The number of anilines is 1. The molecule has 2 aliphatic heterocycles. The Bertz CT molecular complexity index is 1840. The van der Waals surface area contributed by atoms with Crippen LogP contribution in [0.4, 0.5) is 5.95 Å². The summed E-state index contributed by atoms with van der Waals surface area (Å²) in [6.45, 7) is -1.39. The zero-order chi connectivity index (χ0) is 31.5. The van der Waals surface area contributed by atoms with E-state index in [4.69, 9.17) is 36.2 Å². The summed E-state index contributed by atoms with van der Waals surface area (Å²) in [7, 11) is -8.45. The minimum absolute atomic E-state index is 0.151. The Labute approximate surface area is 250 Å². The van der Waals surface area contributed by atoms with Gasteiger partial charge in [-0.2, -0.15) is 4.98 Å². The van der Waals surface area contributed by atoms with Gasteiger partial charge >= 0.3 is 15.9 Å². The highest BCUT2D eigenvalue weighted by Crippen LogP contribution is 2.57.